The van der Waals surface area contributed by atoms with Gasteiger partial charge in [-0.25, -0.2) is 5.43 Å². The molecular formula is C22H24N8O3. The predicted octanol–water partition coefficient (Wildman–Crippen LogP) is 3.50. The molecule has 3 aromatic rings. The normalized spacial score (nSPS) is 14.1. The van der Waals surface area contributed by atoms with E-state index >= 15 is 0 Å². The van der Waals surface area contributed by atoms with Crippen LogP contribution in [-0.4, -0.2) is 51.9 Å². The maximum Gasteiger partial charge on any atom is 0.269 e. The van der Waals surface area contributed by atoms with Crippen LogP contribution in [0.15, 0.2) is 53.6 Å². The van der Waals surface area contributed by atoms with Gasteiger partial charge in [-0.05, 0) is 43.7 Å². The Hall–Kier alpha value is -4.12. The third-order valence-corrected chi connectivity index (χ3v) is 5.04. The zero-order valence-corrected chi connectivity index (χ0v) is 18.4. The minimum atomic E-state index is -0.435. The van der Waals surface area contributed by atoms with Gasteiger partial charge in [-0.1, -0.05) is 17.7 Å². The van der Waals surface area contributed by atoms with Crippen LogP contribution in [0.2, 0.25) is 0 Å². The Morgan fingerprint density at radius 1 is 1.03 bits per heavy atom. The molecular weight excluding hydrogens is 424 g/mol. The van der Waals surface area contributed by atoms with Gasteiger partial charge in [0.05, 0.1) is 23.8 Å². The van der Waals surface area contributed by atoms with Gasteiger partial charge in [0.2, 0.25) is 17.8 Å². The maximum atomic E-state index is 10.9. The molecule has 1 saturated heterocycles. The molecule has 0 unspecified atom stereocenters. The monoisotopic (exact) mass is 448 g/mol. The number of nitrogens with one attached hydrogen (secondary N) is 2. The molecule has 2 heterocycles. The van der Waals surface area contributed by atoms with Gasteiger partial charge in [0.15, 0.2) is 0 Å². The minimum Gasteiger partial charge on any atom is -0.378 e. The molecule has 0 saturated carbocycles. The van der Waals surface area contributed by atoms with Crippen molar-refractivity contribution in [1.29, 1.82) is 0 Å². The molecule has 0 aliphatic carbocycles. The number of rotatable bonds is 7. The Bertz CT molecular complexity index is 1140. The van der Waals surface area contributed by atoms with Crippen molar-refractivity contribution in [1.82, 2.24) is 15.0 Å². The second-order valence-corrected chi connectivity index (χ2v) is 7.49. The Labute approximate surface area is 190 Å². The minimum absolute atomic E-state index is 0.0268. The number of nitro groups is 1. The molecule has 2 N–H and O–H groups in total. The van der Waals surface area contributed by atoms with Gasteiger partial charge >= 0.3 is 0 Å². The second kappa shape index (κ2) is 10.0. The lowest BCUT2D eigenvalue weighted by Gasteiger charge is -2.27. The van der Waals surface area contributed by atoms with Crippen LogP contribution in [0.4, 0.5) is 29.2 Å². The lowest BCUT2D eigenvalue weighted by molar-refractivity contribution is -0.384. The average molecular weight is 448 g/mol. The van der Waals surface area contributed by atoms with E-state index in [-0.39, 0.29) is 11.6 Å². The summed E-state index contributed by atoms with van der Waals surface area (Å²) >= 11 is 0. The van der Waals surface area contributed by atoms with Crippen LogP contribution >= 0.6 is 0 Å². The molecule has 2 aromatic carbocycles. The van der Waals surface area contributed by atoms with Gasteiger partial charge in [-0.3, -0.25) is 10.1 Å². The Morgan fingerprint density at radius 2 is 1.70 bits per heavy atom. The topological polar surface area (TPSA) is 131 Å². The lowest BCUT2D eigenvalue weighted by Crippen LogP contribution is -2.37. The van der Waals surface area contributed by atoms with Crippen LogP contribution in [-0.2, 0) is 4.74 Å². The number of anilines is 4. The number of nitro benzene ring substituents is 1. The van der Waals surface area contributed by atoms with Gasteiger partial charge in [0.1, 0.15) is 0 Å². The fraction of sp³-hybridized carbons (Fsp3) is 0.273. The SMILES string of the molecule is C/C(=N/Nc1nc(Nc2ccc(C)cc2)nc(N2CCOCC2)n1)c1ccc([N+](=O)[O-])cc1. The van der Waals surface area contributed by atoms with Crippen molar-refractivity contribution in [3.63, 3.8) is 0 Å². The molecule has 0 spiro atoms. The molecule has 11 heteroatoms. The Balaban J connectivity index is 1.57. The number of benzene rings is 2. The molecule has 0 amide bonds. The average Bonchev–Trinajstić information content (AvgIpc) is 2.84. The summed E-state index contributed by atoms with van der Waals surface area (Å²) in [7, 11) is 0. The van der Waals surface area contributed by atoms with Crippen molar-refractivity contribution in [3.05, 3.63) is 69.8 Å². The van der Waals surface area contributed by atoms with Crippen LogP contribution in [0, 0.1) is 17.0 Å². The molecule has 0 radical (unpaired) electrons. The molecule has 11 nitrogen and oxygen atoms in total. The summed E-state index contributed by atoms with van der Waals surface area (Å²) < 4.78 is 5.43. The molecule has 1 aromatic heterocycles. The highest BCUT2D eigenvalue weighted by Crippen LogP contribution is 2.19. The molecule has 0 bridgehead atoms. The number of morpholine rings is 1. The van der Waals surface area contributed by atoms with E-state index in [0.717, 1.165) is 16.8 Å². The predicted molar refractivity (Wildman–Crippen MR) is 126 cm³/mol. The van der Waals surface area contributed by atoms with Gasteiger partial charge in [-0.15, -0.1) is 0 Å². The van der Waals surface area contributed by atoms with E-state index in [1.54, 1.807) is 19.1 Å². The van der Waals surface area contributed by atoms with E-state index in [0.29, 0.717) is 43.9 Å². The van der Waals surface area contributed by atoms with Crippen molar-refractivity contribution in [2.45, 2.75) is 13.8 Å². The van der Waals surface area contributed by atoms with Crippen molar-refractivity contribution in [3.8, 4) is 0 Å². The molecule has 33 heavy (non-hydrogen) atoms. The third kappa shape index (κ3) is 5.77. The summed E-state index contributed by atoms with van der Waals surface area (Å²) in [5.41, 5.74) is 6.30. The zero-order chi connectivity index (χ0) is 23.2. The van der Waals surface area contributed by atoms with E-state index in [1.807, 2.05) is 36.1 Å². The van der Waals surface area contributed by atoms with Crippen molar-refractivity contribution < 1.29 is 9.66 Å². The molecule has 170 valence electrons. The smallest absolute Gasteiger partial charge is 0.269 e. The summed E-state index contributed by atoms with van der Waals surface area (Å²) in [6.45, 7) is 6.39. The molecule has 0 atom stereocenters. The maximum absolute atomic E-state index is 10.9. The standard InChI is InChI=1S/C22H24N8O3/c1-15-3-7-18(8-4-15)23-20-24-21(26-22(25-20)29-11-13-33-14-12-29)28-27-16(2)17-5-9-19(10-6-17)30(31)32/h3-10H,11-14H2,1-2H3,(H2,23,24,25,26,28)/b27-16-. The number of aromatic nitrogens is 3. The lowest BCUT2D eigenvalue weighted by atomic mass is 10.1. The molecule has 1 aliphatic heterocycles. The number of non-ortho nitro benzene ring substituents is 1. The van der Waals surface area contributed by atoms with Gasteiger partial charge in [0, 0.05) is 30.9 Å². The van der Waals surface area contributed by atoms with Crippen molar-refractivity contribution in [2.75, 3.05) is 41.9 Å². The van der Waals surface area contributed by atoms with E-state index in [2.05, 4.69) is 30.8 Å². The van der Waals surface area contributed by atoms with Crippen molar-refractivity contribution >= 4 is 34.9 Å². The molecule has 4 rings (SSSR count). The van der Waals surface area contributed by atoms with Crippen molar-refractivity contribution in [2.24, 2.45) is 5.10 Å². The van der Waals surface area contributed by atoms with E-state index < -0.39 is 4.92 Å². The number of aryl methyl sites for hydroxylation is 1. The zero-order valence-electron chi connectivity index (χ0n) is 18.4. The first-order chi connectivity index (χ1) is 16.0. The largest absolute Gasteiger partial charge is 0.378 e. The quantitative estimate of drug-likeness (QED) is 0.317. The van der Waals surface area contributed by atoms with Gasteiger partial charge < -0.3 is 15.0 Å². The van der Waals surface area contributed by atoms with E-state index in [4.69, 9.17) is 4.74 Å². The van der Waals surface area contributed by atoms with Crippen LogP contribution < -0.4 is 15.6 Å². The number of hydrazone groups is 1. The summed E-state index contributed by atoms with van der Waals surface area (Å²) in [6, 6.07) is 14.1. The van der Waals surface area contributed by atoms with Gasteiger partial charge in [0.25, 0.3) is 5.69 Å². The van der Waals surface area contributed by atoms with Gasteiger partial charge in [-0.2, -0.15) is 20.1 Å². The van der Waals surface area contributed by atoms with Crippen LogP contribution in [0.5, 0.6) is 0 Å². The molecule has 1 fully saturated rings. The number of hydrogen-bond acceptors (Lipinski definition) is 10. The van der Waals surface area contributed by atoms with Crippen LogP contribution in [0.25, 0.3) is 0 Å². The fourth-order valence-electron chi connectivity index (χ4n) is 3.16. The van der Waals surface area contributed by atoms with E-state index in [1.165, 1.54) is 12.1 Å². The number of hydrogen-bond donors (Lipinski definition) is 2. The Kier molecular flexibility index (Phi) is 6.69. The first kappa shape index (κ1) is 22.1. The third-order valence-electron chi connectivity index (χ3n) is 5.04. The number of ether oxygens (including phenoxy) is 1. The van der Waals surface area contributed by atoms with Crippen LogP contribution in [0.1, 0.15) is 18.1 Å². The first-order valence-corrected chi connectivity index (χ1v) is 10.5. The molecule has 1 aliphatic rings. The highest BCUT2D eigenvalue weighted by molar-refractivity contribution is 5.99. The number of nitrogens with zero attached hydrogens (tertiary/aromatic N) is 6. The fourth-order valence-corrected chi connectivity index (χ4v) is 3.16. The summed E-state index contributed by atoms with van der Waals surface area (Å²) in [6.07, 6.45) is 0. The second-order valence-electron chi connectivity index (χ2n) is 7.49. The van der Waals surface area contributed by atoms with Crippen LogP contribution in [0.3, 0.4) is 0 Å². The Morgan fingerprint density at radius 3 is 2.36 bits per heavy atom. The highest BCUT2D eigenvalue weighted by Gasteiger charge is 2.17. The summed E-state index contributed by atoms with van der Waals surface area (Å²) in [4.78, 5) is 26.0. The van der Waals surface area contributed by atoms with E-state index in [9.17, 15) is 10.1 Å². The summed E-state index contributed by atoms with van der Waals surface area (Å²) in [5, 5.41) is 18.4. The summed E-state index contributed by atoms with van der Waals surface area (Å²) in [5.74, 6) is 1.19. The highest BCUT2D eigenvalue weighted by atomic mass is 16.6. The first-order valence-electron chi connectivity index (χ1n) is 10.5.